The second kappa shape index (κ2) is 10.6. The molecule has 2 fully saturated rings. The first-order chi connectivity index (χ1) is 15.6. The summed E-state index contributed by atoms with van der Waals surface area (Å²) >= 11 is 0. The van der Waals surface area contributed by atoms with Gasteiger partial charge in [0.15, 0.2) is 0 Å². The van der Waals surface area contributed by atoms with E-state index in [1.807, 2.05) is 0 Å². The third-order valence-corrected chi connectivity index (χ3v) is 7.25. The van der Waals surface area contributed by atoms with Gasteiger partial charge in [0.25, 0.3) is 0 Å². The fraction of sp³-hybridized carbons (Fsp3) is 0.880. The molecule has 4 amide bonds. The van der Waals surface area contributed by atoms with Crippen LogP contribution >= 0.6 is 0 Å². The smallest absolute Gasteiger partial charge is 0.407 e. The first kappa shape index (κ1) is 28.1. The van der Waals surface area contributed by atoms with Crippen LogP contribution < -0.4 is 21.3 Å². The number of alkyl carbamates (subject to hydrolysis) is 2. The average molecular weight is 483 g/mol. The van der Waals surface area contributed by atoms with Crippen LogP contribution in [0.1, 0.15) is 80.1 Å². The maximum absolute atomic E-state index is 12.7. The van der Waals surface area contributed by atoms with Gasteiger partial charge in [-0.1, -0.05) is 41.5 Å². The Hall–Kier alpha value is -2.19. The van der Waals surface area contributed by atoms with Crippen molar-refractivity contribution >= 4 is 18.2 Å². The average Bonchev–Trinajstić information content (AvgIpc) is 2.67. The summed E-state index contributed by atoms with van der Waals surface area (Å²) in [5, 5.41) is 12.0. The van der Waals surface area contributed by atoms with E-state index in [4.69, 9.17) is 9.47 Å². The molecule has 0 aromatic carbocycles. The second-order valence-corrected chi connectivity index (χ2v) is 12.8. The minimum atomic E-state index is -0.417. The number of hydrogen-bond acceptors (Lipinski definition) is 5. The number of ether oxygens (including phenoxy) is 2. The highest BCUT2D eigenvalue weighted by Gasteiger charge is 2.43. The highest BCUT2D eigenvalue weighted by Crippen LogP contribution is 2.47. The van der Waals surface area contributed by atoms with Gasteiger partial charge in [0, 0.05) is 25.2 Å². The molecule has 0 saturated heterocycles. The molecule has 0 aliphatic heterocycles. The number of carbonyl (C=O) groups is 3. The summed E-state index contributed by atoms with van der Waals surface area (Å²) in [5.41, 5.74) is -0.201. The van der Waals surface area contributed by atoms with Crippen molar-refractivity contribution in [1.29, 1.82) is 0 Å². The summed E-state index contributed by atoms with van der Waals surface area (Å²) in [4.78, 5) is 36.2. The fourth-order valence-electron chi connectivity index (χ4n) is 6.84. The SMILES string of the molecule is COC(=O)NC1CC(C)(C)CC(C)(CNC(=O)NCC2(C)CC(NC(=O)OC)CC(C)(C)C2)C1. The molecule has 2 saturated carbocycles. The molecule has 9 heteroatoms. The Labute approximate surface area is 204 Å². The monoisotopic (exact) mass is 482 g/mol. The van der Waals surface area contributed by atoms with Crippen molar-refractivity contribution in [1.82, 2.24) is 21.3 Å². The minimum absolute atomic E-state index is 0.00804. The number of nitrogens with one attached hydrogen (secondary N) is 4. The Morgan fingerprint density at radius 3 is 1.35 bits per heavy atom. The van der Waals surface area contributed by atoms with Crippen molar-refractivity contribution < 1.29 is 23.9 Å². The highest BCUT2D eigenvalue weighted by atomic mass is 16.5. The van der Waals surface area contributed by atoms with Crippen LogP contribution in [0.15, 0.2) is 0 Å². The van der Waals surface area contributed by atoms with E-state index in [0.29, 0.717) is 13.1 Å². The molecular weight excluding hydrogens is 436 g/mol. The minimum Gasteiger partial charge on any atom is -0.453 e. The molecule has 0 spiro atoms. The van der Waals surface area contributed by atoms with E-state index < -0.39 is 12.2 Å². The Bertz CT molecular complexity index is 696. The molecule has 34 heavy (non-hydrogen) atoms. The van der Waals surface area contributed by atoms with E-state index in [2.05, 4.69) is 62.8 Å². The van der Waals surface area contributed by atoms with Crippen LogP contribution in [-0.2, 0) is 9.47 Å². The van der Waals surface area contributed by atoms with Gasteiger partial charge < -0.3 is 30.7 Å². The number of urea groups is 1. The van der Waals surface area contributed by atoms with Crippen LogP contribution in [0.5, 0.6) is 0 Å². The van der Waals surface area contributed by atoms with Gasteiger partial charge >= 0.3 is 18.2 Å². The van der Waals surface area contributed by atoms with E-state index in [9.17, 15) is 14.4 Å². The Morgan fingerprint density at radius 2 is 1.03 bits per heavy atom. The first-order valence-corrected chi connectivity index (χ1v) is 12.3. The molecule has 9 nitrogen and oxygen atoms in total. The van der Waals surface area contributed by atoms with Gasteiger partial charge in [0.05, 0.1) is 14.2 Å². The molecule has 2 aliphatic carbocycles. The Kier molecular flexibility index (Phi) is 8.75. The molecule has 0 heterocycles. The molecule has 4 unspecified atom stereocenters. The van der Waals surface area contributed by atoms with Gasteiger partial charge in [-0.05, 0) is 60.2 Å². The molecule has 2 rings (SSSR count). The Morgan fingerprint density at radius 1 is 0.676 bits per heavy atom. The summed E-state index contributed by atoms with van der Waals surface area (Å²) in [6.07, 6.45) is 4.37. The predicted octanol–water partition coefficient (Wildman–Crippen LogP) is 4.17. The second-order valence-electron chi connectivity index (χ2n) is 12.8. The van der Waals surface area contributed by atoms with E-state index in [0.717, 1.165) is 38.5 Å². The van der Waals surface area contributed by atoms with E-state index in [1.165, 1.54) is 14.2 Å². The zero-order valence-electron chi connectivity index (χ0n) is 22.4. The summed E-state index contributed by atoms with van der Waals surface area (Å²) in [6, 6.07) is -0.175. The van der Waals surface area contributed by atoms with Crippen molar-refractivity contribution in [3.63, 3.8) is 0 Å². The van der Waals surface area contributed by atoms with E-state index in [-0.39, 0.29) is 39.8 Å². The fourth-order valence-corrected chi connectivity index (χ4v) is 6.84. The van der Waals surface area contributed by atoms with Gasteiger partial charge in [-0.2, -0.15) is 0 Å². The number of rotatable bonds is 6. The zero-order valence-corrected chi connectivity index (χ0v) is 22.4. The largest absolute Gasteiger partial charge is 0.453 e. The lowest BCUT2D eigenvalue weighted by molar-refractivity contribution is 0.0659. The quantitative estimate of drug-likeness (QED) is 0.453. The predicted molar refractivity (Wildman–Crippen MR) is 132 cm³/mol. The summed E-state index contributed by atoms with van der Waals surface area (Å²) in [7, 11) is 2.74. The molecule has 4 N–H and O–H groups in total. The normalized spacial score (nSPS) is 32.1. The van der Waals surface area contributed by atoms with Crippen molar-refractivity contribution in [2.24, 2.45) is 21.7 Å². The molecule has 0 bridgehead atoms. The molecule has 196 valence electrons. The van der Waals surface area contributed by atoms with Crippen LogP contribution in [-0.4, -0.2) is 57.6 Å². The van der Waals surface area contributed by atoms with Crippen molar-refractivity contribution in [3.8, 4) is 0 Å². The topological polar surface area (TPSA) is 118 Å². The molecule has 0 radical (unpaired) electrons. The van der Waals surface area contributed by atoms with E-state index in [1.54, 1.807) is 0 Å². The summed E-state index contributed by atoms with van der Waals surface area (Å²) in [6.45, 7) is 14.2. The standard InChI is InChI=1S/C25H46N4O5/c1-22(2)9-17(28-20(31)33-7)11-24(5,13-22)15-26-19(30)27-16-25(6)12-18(29-21(32)34-8)10-23(3,4)14-25/h17-18H,9-16H2,1-8H3,(H,28,31)(H,29,32)(H2,26,27,30). The molecule has 0 aromatic rings. The lowest BCUT2D eigenvalue weighted by Gasteiger charge is -2.47. The highest BCUT2D eigenvalue weighted by molar-refractivity contribution is 5.74. The third-order valence-electron chi connectivity index (χ3n) is 7.25. The van der Waals surface area contributed by atoms with Gasteiger partial charge in [-0.15, -0.1) is 0 Å². The summed E-state index contributed by atoms with van der Waals surface area (Å²) in [5.74, 6) is 0. The summed E-state index contributed by atoms with van der Waals surface area (Å²) < 4.78 is 9.55. The van der Waals surface area contributed by atoms with Crippen molar-refractivity contribution in [2.45, 2.75) is 92.2 Å². The Balaban J connectivity index is 1.92. The van der Waals surface area contributed by atoms with E-state index >= 15 is 0 Å². The molecule has 2 aliphatic rings. The van der Waals surface area contributed by atoms with Gasteiger partial charge in [-0.3, -0.25) is 0 Å². The molecule has 4 atom stereocenters. The van der Waals surface area contributed by atoms with Gasteiger partial charge in [-0.25, -0.2) is 14.4 Å². The lowest BCUT2D eigenvalue weighted by Crippen LogP contribution is -2.53. The number of carbonyl (C=O) groups excluding carboxylic acids is 3. The van der Waals surface area contributed by atoms with Crippen molar-refractivity contribution in [3.05, 3.63) is 0 Å². The lowest BCUT2D eigenvalue weighted by atomic mass is 9.62. The van der Waals surface area contributed by atoms with Crippen LogP contribution in [0.2, 0.25) is 0 Å². The van der Waals surface area contributed by atoms with Crippen LogP contribution in [0.4, 0.5) is 14.4 Å². The van der Waals surface area contributed by atoms with Gasteiger partial charge in [0.2, 0.25) is 0 Å². The zero-order chi connectivity index (χ0) is 25.8. The number of methoxy groups -OCH3 is 2. The maximum Gasteiger partial charge on any atom is 0.407 e. The van der Waals surface area contributed by atoms with Crippen LogP contribution in [0.25, 0.3) is 0 Å². The van der Waals surface area contributed by atoms with Crippen LogP contribution in [0, 0.1) is 21.7 Å². The van der Waals surface area contributed by atoms with Crippen LogP contribution in [0.3, 0.4) is 0 Å². The molecular formula is C25H46N4O5. The number of amides is 4. The third kappa shape index (κ3) is 8.55. The van der Waals surface area contributed by atoms with Gasteiger partial charge in [0.1, 0.15) is 0 Å². The number of hydrogen-bond donors (Lipinski definition) is 4. The molecule has 0 aromatic heterocycles. The maximum atomic E-state index is 12.7. The first-order valence-electron chi connectivity index (χ1n) is 12.3. The van der Waals surface area contributed by atoms with Crippen molar-refractivity contribution in [2.75, 3.05) is 27.3 Å².